The van der Waals surface area contributed by atoms with Crippen molar-refractivity contribution in [1.29, 1.82) is 0 Å². The Morgan fingerprint density at radius 1 is 1.07 bits per heavy atom. The van der Waals surface area contributed by atoms with Gasteiger partial charge in [-0.25, -0.2) is 9.65 Å². The summed E-state index contributed by atoms with van der Waals surface area (Å²) < 4.78 is 22.5. The molecule has 0 fully saturated rings. The van der Waals surface area contributed by atoms with Crippen LogP contribution in [0.4, 0.5) is 0 Å². The zero-order valence-corrected chi connectivity index (χ0v) is 29.7. The van der Waals surface area contributed by atoms with Gasteiger partial charge in [-0.2, -0.15) is 0 Å². The van der Waals surface area contributed by atoms with Crippen molar-refractivity contribution in [3.05, 3.63) is 29.8 Å². The number of carbonyl (C=O) groups is 5. The third kappa shape index (κ3) is 16.1. The van der Waals surface area contributed by atoms with Crippen molar-refractivity contribution >= 4 is 37.1 Å². The van der Waals surface area contributed by atoms with E-state index in [2.05, 4.69) is 15.7 Å². The Balaban J connectivity index is 0.0000185. The topological polar surface area (TPSA) is 252 Å². The van der Waals surface area contributed by atoms with Gasteiger partial charge in [0.15, 0.2) is 6.61 Å². The summed E-state index contributed by atoms with van der Waals surface area (Å²) in [5.74, 6) is -4.86. The largest absolute Gasteiger partial charge is 1.00 e. The zero-order chi connectivity index (χ0) is 32.6. The summed E-state index contributed by atoms with van der Waals surface area (Å²) in [5, 5.41) is 17.9. The molecule has 5 atom stereocenters. The van der Waals surface area contributed by atoms with Crippen LogP contribution in [0.25, 0.3) is 0 Å². The molecule has 17 heteroatoms. The summed E-state index contributed by atoms with van der Waals surface area (Å²) in [6.45, 7) is 4.00. The molecule has 0 bridgehead atoms. The van der Waals surface area contributed by atoms with Gasteiger partial charge in [0.05, 0.1) is 31.2 Å². The van der Waals surface area contributed by atoms with Gasteiger partial charge in [0.1, 0.15) is 11.8 Å². The second-order valence-electron chi connectivity index (χ2n) is 9.90. The van der Waals surface area contributed by atoms with E-state index in [-0.39, 0.29) is 70.2 Å². The standard InChI is InChI=1S/C27H44N5O10P.K/c1-4-17(3)24(32-43(39,40)42-5-2)27(38)31-21(26(37)30-15-23(34)35)14-18-9-11-19(12-10-18)41-16-22(33)25(36)20(29)8-6-7-13-28;/h9-12,17,20-21,24H,4-8,13-16,28-29H2,1-3H3,(H,30,37)(H,31,38)(H,34,35)(H2,32,39,40);/q;+1/p-1/t17-,20-,21-,24-;/m0./s1. The summed E-state index contributed by atoms with van der Waals surface area (Å²) in [4.78, 5) is 71.2. The number of rotatable bonds is 22. The summed E-state index contributed by atoms with van der Waals surface area (Å²) in [6, 6.07) is 2.64. The molecule has 15 nitrogen and oxygen atoms in total. The number of benzene rings is 1. The van der Waals surface area contributed by atoms with E-state index >= 15 is 0 Å². The quantitative estimate of drug-likeness (QED) is 0.0297. The molecule has 8 N–H and O–H groups in total. The van der Waals surface area contributed by atoms with Crippen LogP contribution in [-0.2, 0) is 39.5 Å². The van der Waals surface area contributed by atoms with E-state index in [1.54, 1.807) is 26.0 Å². The predicted octanol–water partition coefficient (Wildman–Crippen LogP) is -4.30. The van der Waals surface area contributed by atoms with Gasteiger partial charge < -0.3 is 41.6 Å². The summed E-state index contributed by atoms with van der Waals surface area (Å²) in [6.07, 6.45) is 1.99. The van der Waals surface area contributed by atoms with Gasteiger partial charge >= 0.3 is 59.1 Å². The molecule has 1 aromatic rings. The van der Waals surface area contributed by atoms with Gasteiger partial charge in [-0.3, -0.25) is 23.7 Å². The number of ketones is 2. The fraction of sp³-hybridized carbons (Fsp3) is 0.593. The van der Waals surface area contributed by atoms with E-state index in [0.717, 1.165) is 0 Å². The third-order valence-corrected chi connectivity index (χ3v) is 7.67. The van der Waals surface area contributed by atoms with E-state index in [9.17, 15) is 38.5 Å². The Kier molecular flexibility index (Phi) is 21.3. The van der Waals surface area contributed by atoms with Crippen LogP contribution in [0.3, 0.4) is 0 Å². The van der Waals surface area contributed by atoms with Crippen LogP contribution in [0.1, 0.15) is 52.0 Å². The van der Waals surface area contributed by atoms with Crippen LogP contribution < -0.4 is 88.4 Å². The molecule has 0 aliphatic rings. The van der Waals surface area contributed by atoms with Gasteiger partial charge in [0.2, 0.25) is 23.4 Å². The zero-order valence-electron chi connectivity index (χ0n) is 25.7. The number of carboxylic acids is 1. The number of nitrogens with one attached hydrogen (secondary N) is 3. The molecule has 2 amide bonds. The van der Waals surface area contributed by atoms with Gasteiger partial charge in [-0.15, -0.1) is 0 Å². The summed E-state index contributed by atoms with van der Waals surface area (Å²) in [7, 11) is -4.33. The van der Waals surface area contributed by atoms with E-state index in [0.29, 0.717) is 37.8 Å². The minimum absolute atomic E-state index is 0. The van der Waals surface area contributed by atoms with Crippen LogP contribution in [0.15, 0.2) is 24.3 Å². The van der Waals surface area contributed by atoms with Crippen molar-refractivity contribution in [3.63, 3.8) is 0 Å². The average Bonchev–Trinajstić information content (AvgIpc) is 2.96. The maximum atomic E-state index is 13.2. The van der Waals surface area contributed by atoms with E-state index < -0.39 is 74.3 Å². The first-order valence-electron chi connectivity index (χ1n) is 14.0. The van der Waals surface area contributed by atoms with Crippen LogP contribution in [0, 0.1) is 5.92 Å². The molecular formula is C27H43KN5O10P. The molecule has 1 aromatic carbocycles. The van der Waals surface area contributed by atoms with Crippen molar-refractivity contribution in [2.75, 3.05) is 26.3 Å². The molecule has 0 aromatic heterocycles. The first-order chi connectivity index (χ1) is 20.2. The Morgan fingerprint density at radius 3 is 2.25 bits per heavy atom. The maximum Gasteiger partial charge on any atom is 1.00 e. The second-order valence-corrected chi connectivity index (χ2v) is 11.5. The number of hydrogen-bond acceptors (Lipinski definition) is 11. The number of ether oxygens (including phenoxy) is 1. The minimum atomic E-state index is -4.33. The number of amides is 2. The van der Waals surface area contributed by atoms with Crippen molar-refractivity contribution in [2.45, 2.75) is 71.0 Å². The molecule has 0 radical (unpaired) electrons. The average molecular weight is 668 g/mol. The monoisotopic (exact) mass is 667 g/mol. The number of unbranched alkanes of at least 4 members (excludes halogenated alkanes) is 1. The molecule has 1 unspecified atom stereocenters. The molecule has 0 aliphatic heterocycles. The Hall–Kier alpha value is -1.56. The number of carbonyl (C=O) groups excluding carboxylic acids is 5. The number of Topliss-reactive ketones (excluding diaryl/α,β-unsaturated/α-hetero) is 2. The predicted molar refractivity (Wildman–Crippen MR) is 154 cm³/mol. The molecular weight excluding hydrogens is 624 g/mol. The van der Waals surface area contributed by atoms with Gasteiger partial charge in [0, 0.05) is 6.42 Å². The summed E-state index contributed by atoms with van der Waals surface area (Å²) >= 11 is 0. The fourth-order valence-electron chi connectivity index (χ4n) is 3.85. The van der Waals surface area contributed by atoms with Crippen LogP contribution >= 0.6 is 7.75 Å². The van der Waals surface area contributed by atoms with Crippen LogP contribution in [0.2, 0.25) is 0 Å². The number of carboxylic acid groups (broad SMARTS) is 1. The van der Waals surface area contributed by atoms with Crippen molar-refractivity contribution in [2.24, 2.45) is 17.4 Å². The molecule has 0 saturated carbocycles. The molecule has 0 heterocycles. The van der Waals surface area contributed by atoms with Gasteiger partial charge in [-0.1, -0.05) is 38.8 Å². The SMILES string of the molecule is CCOP(=O)(O)N[C@H](C(=O)N[C@@H](Cc1ccc(OCC(=O)C(=O)[C@@H](N)CCCCN)cc1)C(=O)NCC(=O)[O-])[C@@H](C)CC.[K+]. The molecule has 242 valence electrons. The number of nitrogens with two attached hydrogens (primary N) is 2. The summed E-state index contributed by atoms with van der Waals surface area (Å²) in [5.41, 5.74) is 11.7. The molecule has 1 rings (SSSR count). The van der Waals surface area contributed by atoms with Crippen LogP contribution in [0.5, 0.6) is 5.75 Å². The number of aliphatic carboxylic acids is 1. The van der Waals surface area contributed by atoms with E-state index in [1.807, 2.05) is 0 Å². The first-order valence-corrected chi connectivity index (χ1v) is 15.6. The Labute approximate surface area is 299 Å². The van der Waals surface area contributed by atoms with Gasteiger partial charge in [-0.05, 0) is 49.9 Å². The van der Waals surface area contributed by atoms with Crippen molar-refractivity contribution in [1.82, 2.24) is 15.7 Å². The fourth-order valence-corrected chi connectivity index (χ4v) is 4.99. The van der Waals surface area contributed by atoms with Crippen LogP contribution in [-0.4, -0.2) is 78.7 Å². The van der Waals surface area contributed by atoms with Crippen molar-refractivity contribution in [3.8, 4) is 5.75 Å². The smallest absolute Gasteiger partial charge is 0.548 e. The molecule has 0 aliphatic carbocycles. The minimum Gasteiger partial charge on any atom is -0.548 e. The number of hydrogen-bond donors (Lipinski definition) is 6. The second kappa shape index (κ2) is 22.0. The third-order valence-electron chi connectivity index (χ3n) is 6.46. The normalized spacial score (nSPS) is 15.0. The van der Waals surface area contributed by atoms with E-state index in [4.69, 9.17) is 20.7 Å². The molecule has 0 spiro atoms. The van der Waals surface area contributed by atoms with Gasteiger partial charge in [0.25, 0.3) is 0 Å². The molecule has 44 heavy (non-hydrogen) atoms. The van der Waals surface area contributed by atoms with E-state index in [1.165, 1.54) is 19.1 Å². The molecule has 0 saturated heterocycles. The van der Waals surface area contributed by atoms with Crippen molar-refractivity contribution < 1.29 is 99.2 Å². The maximum absolute atomic E-state index is 13.2. The first kappa shape index (κ1) is 42.4. The Morgan fingerprint density at radius 2 is 1.70 bits per heavy atom. The Bertz CT molecular complexity index is 1140.